The second-order valence-corrected chi connectivity index (χ2v) is 4.68. The maximum Gasteiger partial charge on any atom is 0.230 e. The van der Waals surface area contributed by atoms with Gasteiger partial charge >= 0.3 is 0 Å². The van der Waals surface area contributed by atoms with E-state index in [9.17, 15) is 4.79 Å². The number of hydrogen-bond acceptors (Lipinski definition) is 4. The average Bonchev–Trinajstić information content (AvgIpc) is 2.91. The van der Waals surface area contributed by atoms with Crippen LogP contribution in [0.15, 0.2) is 41.6 Å². The first-order valence-corrected chi connectivity index (χ1v) is 6.62. The molecule has 0 saturated carbocycles. The highest BCUT2D eigenvalue weighted by atomic mass is 35.5. The summed E-state index contributed by atoms with van der Waals surface area (Å²) in [4.78, 5) is 11.5. The molecule has 0 spiro atoms. The number of benzene rings is 1. The molecule has 0 atom stereocenters. The largest absolute Gasteiger partial charge is 0.355 e. The minimum atomic E-state index is 0. The van der Waals surface area contributed by atoms with Crippen molar-refractivity contribution in [2.24, 2.45) is 0 Å². The zero-order valence-corrected chi connectivity index (χ0v) is 11.8. The van der Waals surface area contributed by atoms with E-state index >= 15 is 0 Å². The fourth-order valence-electron chi connectivity index (χ4n) is 1.44. The summed E-state index contributed by atoms with van der Waals surface area (Å²) in [7, 11) is 0. The van der Waals surface area contributed by atoms with E-state index in [0.29, 0.717) is 12.3 Å². The van der Waals surface area contributed by atoms with Gasteiger partial charge in [0.1, 0.15) is 5.03 Å². The Hall–Kier alpha value is -1.53. The highest BCUT2D eigenvalue weighted by Gasteiger charge is 2.03. The molecule has 19 heavy (non-hydrogen) atoms. The number of aromatic nitrogens is 3. The van der Waals surface area contributed by atoms with Crippen LogP contribution < -0.4 is 5.32 Å². The van der Waals surface area contributed by atoms with E-state index in [1.165, 1.54) is 17.3 Å². The number of amides is 1. The van der Waals surface area contributed by atoms with Gasteiger partial charge < -0.3 is 5.32 Å². The van der Waals surface area contributed by atoms with E-state index in [0.717, 1.165) is 11.4 Å². The Morgan fingerprint density at radius 3 is 2.79 bits per heavy atom. The summed E-state index contributed by atoms with van der Waals surface area (Å²) in [5.74, 6) is 0.375. The smallest absolute Gasteiger partial charge is 0.230 e. The second kappa shape index (κ2) is 8.55. The molecule has 0 aliphatic carbocycles. The first kappa shape index (κ1) is 15.5. The lowest BCUT2D eigenvalue weighted by atomic mass is 10.1. The summed E-state index contributed by atoms with van der Waals surface area (Å²) in [6.07, 6.45) is 2.45. The number of carbonyl (C=O) groups is 1. The average molecular weight is 299 g/mol. The van der Waals surface area contributed by atoms with Crippen molar-refractivity contribution in [3.63, 3.8) is 0 Å². The van der Waals surface area contributed by atoms with E-state index in [1.807, 2.05) is 18.2 Å². The van der Waals surface area contributed by atoms with Gasteiger partial charge in [0.05, 0.1) is 11.9 Å². The van der Waals surface area contributed by atoms with Crippen molar-refractivity contribution in [3.8, 4) is 0 Å². The first-order valence-electron chi connectivity index (χ1n) is 5.64. The molecule has 1 aromatic heterocycles. The summed E-state index contributed by atoms with van der Waals surface area (Å²) >= 11 is 1.36. The molecule has 5 nitrogen and oxygen atoms in total. The monoisotopic (exact) mass is 298 g/mol. The third kappa shape index (κ3) is 5.76. The van der Waals surface area contributed by atoms with Gasteiger partial charge in [-0.15, -0.1) is 17.5 Å². The fourth-order valence-corrected chi connectivity index (χ4v) is 2.06. The van der Waals surface area contributed by atoms with Crippen LogP contribution in [0.3, 0.4) is 0 Å². The zero-order chi connectivity index (χ0) is 12.6. The fraction of sp³-hybridized carbons (Fsp3) is 0.250. The van der Waals surface area contributed by atoms with Crippen LogP contribution >= 0.6 is 24.2 Å². The maximum absolute atomic E-state index is 11.5. The van der Waals surface area contributed by atoms with Crippen LogP contribution in [0.4, 0.5) is 0 Å². The van der Waals surface area contributed by atoms with Gasteiger partial charge in [0.2, 0.25) is 5.91 Å². The van der Waals surface area contributed by atoms with Crippen molar-refractivity contribution in [2.45, 2.75) is 11.4 Å². The molecule has 2 N–H and O–H groups in total. The number of rotatable bonds is 6. The van der Waals surface area contributed by atoms with Crippen LogP contribution in [-0.4, -0.2) is 33.6 Å². The number of halogens is 1. The van der Waals surface area contributed by atoms with Crippen LogP contribution in [0.5, 0.6) is 0 Å². The quantitative estimate of drug-likeness (QED) is 0.796. The Kier molecular flexibility index (Phi) is 6.99. The molecular formula is C12H15ClN4OS. The van der Waals surface area contributed by atoms with Gasteiger partial charge in [0.25, 0.3) is 0 Å². The molecule has 7 heteroatoms. The molecule has 0 radical (unpaired) electrons. The number of thioether (sulfide) groups is 1. The molecule has 0 aliphatic rings. The van der Waals surface area contributed by atoms with Crippen LogP contribution in [0, 0.1) is 0 Å². The summed E-state index contributed by atoms with van der Waals surface area (Å²) in [6, 6.07) is 10.1. The van der Waals surface area contributed by atoms with E-state index in [-0.39, 0.29) is 18.3 Å². The topological polar surface area (TPSA) is 70.7 Å². The molecule has 2 aromatic rings. The molecule has 0 fully saturated rings. The van der Waals surface area contributed by atoms with E-state index in [1.54, 1.807) is 6.20 Å². The summed E-state index contributed by atoms with van der Waals surface area (Å²) < 4.78 is 0. The van der Waals surface area contributed by atoms with E-state index in [4.69, 9.17) is 0 Å². The third-order valence-corrected chi connectivity index (χ3v) is 3.22. The molecule has 0 bridgehead atoms. The van der Waals surface area contributed by atoms with Crippen molar-refractivity contribution in [2.75, 3.05) is 12.3 Å². The molecular weight excluding hydrogens is 284 g/mol. The lowest BCUT2D eigenvalue weighted by molar-refractivity contribution is -0.118. The first-order chi connectivity index (χ1) is 8.84. The second-order valence-electron chi connectivity index (χ2n) is 3.68. The third-order valence-electron chi connectivity index (χ3n) is 2.32. The van der Waals surface area contributed by atoms with Gasteiger partial charge in [0.15, 0.2) is 0 Å². The lowest BCUT2D eigenvalue weighted by Crippen LogP contribution is -2.27. The predicted octanol–water partition coefficient (Wildman–Crippen LogP) is 1.68. The van der Waals surface area contributed by atoms with Gasteiger partial charge in [-0.2, -0.15) is 10.3 Å². The van der Waals surface area contributed by atoms with Gasteiger partial charge in [-0.3, -0.25) is 4.79 Å². The van der Waals surface area contributed by atoms with Crippen molar-refractivity contribution in [1.82, 2.24) is 20.7 Å². The Labute approximate surface area is 122 Å². The number of H-pyrrole nitrogens is 1. The Morgan fingerprint density at radius 1 is 1.32 bits per heavy atom. The highest BCUT2D eigenvalue weighted by Crippen LogP contribution is 2.11. The van der Waals surface area contributed by atoms with Crippen molar-refractivity contribution in [3.05, 3.63) is 42.1 Å². The number of nitrogens with one attached hydrogen (secondary N) is 2. The van der Waals surface area contributed by atoms with E-state index in [2.05, 4.69) is 32.9 Å². The maximum atomic E-state index is 11.5. The van der Waals surface area contributed by atoms with Gasteiger partial charge in [-0.05, 0) is 12.0 Å². The van der Waals surface area contributed by atoms with Crippen LogP contribution in [-0.2, 0) is 11.2 Å². The zero-order valence-electron chi connectivity index (χ0n) is 10.2. The molecule has 1 heterocycles. The lowest BCUT2D eigenvalue weighted by Gasteiger charge is -2.04. The van der Waals surface area contributed by atoms with Crippen molar-refractivity contribution < 1.29 is 4.79 Å². The summed E-state index contributed by atoms with van der Waals surface area (Å²) in [5.41, 5.74) is 1.22. The normalized spacial score (nSPS) is 9.68. The summed E-state index contributed by atoms with van der Waals surface area (Å²) in [5, 5.41) is 13.6. The number of nitrogens with zero attached hydrogens (tertiary/aromatic N) is 2. The molecule has 0 saturated heterocycles. The molecule has 1 amide bonds. The summed E-state index contributed by atoms with van der Waals surface area (Å²) in [6.45, 7) is 0.655. The van der Waals surface area contributed by atoms with Crippen LogP contribution in [0.2, 0.25) is 0 Å². The number of aromatic amines is 1. The standard InChI is InChI=1S/C12H14N4OS.ClH/c17-11(9-18-12-8-14-16-15-12)13-7-6-10-4-2-1-3-5-10;/h1-5,8H,6-7,9H2,(H,13,17)(H,14,15,16);1H. The number of hydrogen-bond donors (Lipinski definition) is 2. The minimum absolute atomic E-state index is 0. The van der Waals surface area contributed by atoms with Gasteiger partial charge in [0, 0.05) is 6.54 Å². The molecule has 0 aliphatic heterocycles. The Bertz CT molecular complexity index is 478. The van der Waals surface area contributed by atoms with Crippen molar-refractivity contribution >= 4 is 30.1 Å². The van der Waals surface area contributed by atoms with Gasteiger partial charge in [-0.25, -0.2) is 0 Å². The minimum Gasteiger partial charge on any atom is -0.355 e. The van der Waals surface area contributed by atoms with Crippen LogP contribution in [0.25, 0.3) is 0 Å². The molecule has 2 rings (SSSR count). The van der Waals surface area contributed by atoms with Crippen LogP contribution in [0.1, 0.15) is 5.56 Å². The Balaban J connectivity index is 0.00000180. The Morgan fingerprint density at radius 2 is 2.11 bits per heavy atom. The van der Waals surface area contributed by atoms with E-state index < -0.39 is 0 Å². The van der Waals surface area contributed by atoms with Crippen molar-refractivity contribution in [1.29, 1.82) is 0 Å². The van der Waals surface area contributed by atoms with Gasteiger partial charge in [-0.1, -0.05) is 42.1 Å². The molecule has 102 valence electrons. The highest BCUT2D eigenvalue weighted by molar-refractivity contribution is 7.99. The number of carbonyl (C=O) groups excluding carboxylic acids is 1. The molecule has 0 unspecified atom stereocenters. The SMILES string of the molecule is Cl.O=C(CSc1cn[nH]n1)NCCc1ccccc1. The predicted molar refractivity (Wildman–Crippen MR) is 77.5 cm³/mol. The molecule has 1 aromatic carbocycles.